The van der Waals surface area contributed by atoms with Crippen molar-refractivity contribution in [1.82, 2.24) is 4.98 Å². The van der Waals surface area contributed by atoms with Gasteiger partial charge in [0.1, 0.15) is 5.75 Å². The molecule has 4 heteroatoms. The van der Waals surface area contributed by atoms with E-state index in [1.165, 1.54) is 0 Å². The van der Waals surface area contributed by atoms with E-state index in [0.717, 1.165) is 17.0 Å². The van der Waals surface area contributed by atoms with Crippen LogP contribution in [0.3, 0.4) is 0 Å². The molecule has 0 aliphatic rings. The van der Waals surface area contributed by atoms with Crippen molar-refractivity contribution in [2.75, 3.05) is 12.3 Å². The smallest absolute Gasteiger partial charge is 0.271 e. The number of ether oxygens (including phenoxy) is 1. The second kappa shape index (κ2) is 4.74. The molecule has 0 saturated carbocycles. The molecule has 0 saturated heterocycles. The Morgan fingerprint density at radius 1 is 1.29 bits per heavy atom. The summed E-state index contributed by atoms with van der Waals surface area (Å²) in [5.74, 6) is 0.780. The quantitative estimate of drug-likeness (QED) is 0.847. The van der Waals surface area contributed by atoms with Gasteiger partial charge < -0.3 is 15.5 Å². The van der Waals surface area contributed by atoms with Gasteiger partial charge in [0.05, 0.1) is 12.3 Å². The van der Waals surface area contributed by atoms with Gasteiger partial charge in [0, 0.05) is 11.3 Å². The third-order valence-electron chi connectivity index (χ3n) is 2.40. The first-order chi connectivity index (χ1) is 8.20. The number of nitrogens with one attached hydrogen (secondary N) is 1. The fourth-order valence-corrected chi connectivity index (χ4v) is 1.57. The average Bonchev–Trinajstić information content (AvgIpc) is 2.33. The highest BCUT2D eigenvalue weighted by Crippen LogP contribution is 2.21. The topological polar surface area (TPSA) is 68.1 Å². The molecular weight excluding hydrogens is 216 g/mol. The number of anilines is 1. The van der Waals surface area contributed by atoms with Crippen LogP contribution in [-0.2, 0) is 0 Å². The van der Waals surface area contributed by atoms with Crippen molar-refractivity contribution in [2.24, 2.45) is 0 Å². The Hall–Kier alpha value is -2.23. The Kier molecular flexibility index (Phi) is 3.14. The molecule has 1 aromatic heterocycles. The van der Waals surface area contributed by atoms with Crippen LogP contribution >= 0.6 is 0 Å². The highest BCUT2D eigenvalue weighted by Gasteiger charge is 2.02. The Balaban J connectivity index is 2.42. The number of hydrogen-bond acceptors (Lipinski definition) is 3. The molecule has 88 valence electrons. The third kappa shape index (κ3) is 2.47. The number of aromatic amines is 1. The minimum atomic E-state index is -0.274. The maximum Gasteiger partial charge on any atom is 0.271 e. The molecule has 0 bridgehead atoms. The summed E-state index contributed by atoms with van der Waals surface area (Å²) in [4.78, 5) is 14.1. The van der Waals surface area contributed by atoms with Gasteiger partial charge in [-0.3, -0.25) is 4.79 Å². The van der Waals surface area contributed by atoms with Crippen LogP contribution in [0, 0.1) is 0 Å². The first-order valence-corrected chi connectivity index (χ1v) is 5.42. The third-order valence-corrected chi connectivity index (χ3v) is 2.40. The van der Waals surface area contributed by atoms with E-state index in [4.69, 9.17) is 10.5 Å². The molecule has 0 spiro atoms. The van der Waals surface area contributed by atoms with E-state index in [1.807, 2.05) is 31.2 Å². The average molecular weight is 230 g/mol. The minimum absolute atomic E-state index is 0.217. The lowest BCUT2D eigenvalue weighted by molar-refractivity contribution is 0.340. The predicted molar refractivity (Wildman–Crippen MR) is 68.1 cm³/mol. The summed E-state index contributed by atoms with van der Waals surface area (Å²) >= 11 is 0. The molecule has 17 heavy (non-hydrogen) atoms. The van der Waals surface area contributed by atoms with Gasteiger partial charge >= 0.3 is 0 Å². The van der Waals surface area contributed by atoms with Gasteiger partial charge in [0.15, 0.2) is 0 Å². The molecule has 0 unspecified atom stereocenters. The van der Waals surface area contributed by atoms with Crippen molar-refractivity contribution in [3.8, 4) is 17.0 Å². The van der Waals surface area contributed by atoms with Crippen molar-refractivity contribution < 1.29 is 4.74 Å². The highest BCUT2D eigenvalue weighted by atomic mass is 16.5. The van der Waals surface area contributed by atoms with Crippen LogP contribution in [-0.4, -0.2) is 11.6 Å². The molecule has 2 rings (SSSR count). The van der Waals surface area contributed by atoms with Crippen molar-refractivity contribution in [1.29, 1.82) is 0 Å². The molecule has 0 fully saturated rings. The number of benzene rings is 1. The second-order valence-corrected chi connectivity index (χ2v) is 3.62. The summed E-state index contributed by atoms with van der Waals surface area (Å²) in [6.45, 7) is 2.54. The molecule has 2 aromatic rings. The Morgan fingerprint density at radius 2 is 2.12 bits per heavy atom. The second-order valence-electron chi connectivity index (χ2n) is 3.62. The van der Waals surface area contributed by atoms with Gasteiger partial charge in [-0.05, 0) is 31.2 Å². The number of rotatable bonds is 3. The molecular formula is C13H14N2O2. The normalized spacial score (nSPS) is 10.2. The van der Waals surface area contributed by atoms with Gasteiger partial charge in [-0.15, -0.1) is 0 Å². The minimum Gasteiger partial charge on any atom is -0.494 e. The fraction of sp³-hybridized carbons (Fsp3) is 0.154. The van der Waals surface area contributed by atoms with Gasteiger partial charge in [-0.25, -0.2) is 0 Å². The predicted octanol–water partition coefficient (Wildman–Crippen LogP) is 2.02. The molecule has 1 heterocycles. The van der Waals surface area contributed by atoms with Gasteiger partial charge in [-0.1, -0.05) is 12.1 Å². The van der Waals surface area contributed by atoms with E-state index in [2.05, 4.69) is 4.98 Å². The maximum atomic E-state index is 11.4. The number of pyridine rings is 1. The lowest BCUT2D eigenvalue weighted by Crippen LogP contribution is -2.11. The van der Waals surface area contributed by atoms with Gasteiger partial charge in [0.25, 0.3) is 5.56 Å². The zero-order valence-corrected chi connectivity index (χ0v) is 9.57. The van der Waals surface area contributed by atoms with Crippen LogP contribution in [0.5, 0.6) is 5.75 Å². The number of aromatic nitrogens is 1. The first-order valence-electron chi connectivity index (χ1n) is 5.42. The lowest BCUT2D eigenvalue weighted by atomic mass is 10.1. The van der Waals surface area contributed by atoms with E-state index in [0.29, 0.717) is 6.61 Å². The van der Waals surface area contributed by atoms with Crippen LogP contribution in [0.25, 0.3) is 11.3 Å². The van der Waals surface area contributed by atoms with Crippen LogP contribution in [0.4, 0.5) is 5.69 Å². The maximum absolute atomic E-state index is 11.4. The van der Waals surface area contributed by atoms with E-state index in [-0.39, 0.29) is 11.2 Å². The number of nitrogen functional groups attached to an aromatic ring is 1. The van der Waals surface area contributed by atoms with Crippen molar-refractivity contribution in [2.45, 2.75) is 6.92 Å². The fourth-order valence-electron chi connectivity index (χ4n) is 1.57. The lowest BCUT2D eigenvalue weighted by Gasteiger charge is -2.06. The molecule has 4 nitrogen and oxygen atoms in total. The molecule has 1 aromatic carbocycles. The molecule has 0 amide bonds. The number of nitrogens with two attached hydrogens (primary N) is 1. The molecule has 0 aliphatic carbocycles. The Labute approximate surface area is 99.1 Å². The van der Waals surface area contributed by atoms with Crippen LogP contribution in [0.2, 0.25) is 0 Å². The van der Waals surface area contributed by atoms with Gasteiger partial charge in [-0.2, -0.15) is 0 Å². The van der Waals surface area contributed by atoms with Crippen molar-refractivity contribution in [3.05, 3.63) is 46.8 Å². The number of H-pyrrole nitrogens is 1. The van der Waals surface area contributed by atoms with Crippen molar-refractivity contribution in [3.63, 3.8) is 0 Å². The monoisotopic (exact) mass is 230 g/mol. The first kappa shape index (κ1) is 11.3. The van der Waals surface area contributed by atoms with Crippen LogP contribution in [0.15, 0.2) is 41.2 Å². The largest absolute Gasteiger partial charge is 0.494 e. The summed E-state index contributed by atoms with van der Waals surface area (Å²) < 4.78 is 5.41. The molecule has 0 radical (unpaired) electrons. The zero-order valence-electron chi connectivity index (χ0n) is 9.57. The van der Waals surface area contributed by atoms with E-state index < -0.39 is 0 Å². The Morgan fingerprint density at radius 3 is 2.82 bits per heavy atom. The SMILES string of the molecule is CCOc1cccc(-c2ccc(N)c(=O)[nH]2)c1. The summed E-state index contributed by atoms with van der Waals surface area (Å²) in [6, 6.07) is 10.9. The number of hydrogen-bond donors (Lipinski definition) is 2. The summed E-state index contributed by atoms with van der Waals surface area (Å²) in [7, 11) is 0. The van der Waals surface area contributed by atoms with E-state index >= 15 is 0 Å². The molecule has 0 atom stereocenters. The Bertz CT molecular complexity index is 576. The van der Waals surface area contributed by atoms with Gasteiger partial charge in [0.2, 0.25) is 0 Å². The summed E-state index contributed by atoms with van der Waals surface area (Å²) in [5.41, 5.74) is 7.04. The standard InChI is InChI=1S/C13H14N2O2/c1-2-17-10-5-3-4-9(8-10)12-7-6-11(14)13(16)15-12/h3-8H,2,14H2,1H3,(H,15,16). The van der Waals surface area contributed by atoms with Crippen LogP contribution < -0.4 is 16.0 Å². The van der Waals surface area contributed by atoms with Crippen molar-refractivity contribution >= 4 is 5.69 Å². The molecule has 0 aliphatic heterocycles. The van der Waals surface area contributed by atoms with Crippen LogP contribution in [0.1, 0.15) is 6.92 Å². The summed E-state index contributed by atoms with van der Waals surface area (Å²) in [6.07, 6.45) is 0. The molecule has 3 N–H and O–H groups in total. The summed E-state index contributed by atoms with van der Waals surface area (Å²) in [5, 5.41) is 0. The van der Waals surface area contributed by atoms with E-state index in [9.17, 15) is 4.79 Å². The highest BCUT2D eigenvalue weighted by molar-refractivity contribution is 5.62. The zero-order chi connectivity index (χ0) is 12.3. The van der Waals surface area contributed by atoms with E-state index in [1.54, 1.807) is 12.1 Å².